The summed E-state index contributed by atoms with van der Waals surface area (Å²) in [7, 11) is 1.69. The minimum Gasteiger partial charge on any atom is -0.477 e. The lowest BCUT2D eigenvalue weighted by atomic mass is 10.0. The van der Waals surface area contributed by atoms with Gasteiger partial charge in [-0.25, -0.2) is 9.48 Å². The topological polar surface area (TPSA) is 182 Å². The number of β-lactam (4-membered cyclic amide) rings is 1. The van der Waals surface area contributed by atoms with Crippen LogP contribution in [0.2, 0.25) is 0 Å². The minimum atomic E-state index is -1.19. The summed E-state index contributed by atoms with van der Waals surface area (Å²) in [6.07, 6.45) is 5.38. The molecule has 0 bridgehead atoms. The van der Waals surface area contributed by atoms with Gasteiger partial charge in [0, 0.05) is 30.1 Å². The van der Waals surface area contributed by atoms with Gasteiger partial charge in [-0.2, -0.15) is 9.36 Å². The quantitative estimate of drug-likeness (QED) is 0.157. The third-order valence-electron chi connectivity index (χ3n) is 5.58. The van der Waals surface area contributed by atoms with Crippen LogP contribution in [0.1, 0.15) is 38.4 Å². The molecule has 4 rings (SSSR count). The Hall–Kier alpha value is -2.98. The summed E-state index contributed by atoms with van der Waals surface area (Å²) in [4.78, 5) is 43.6. The molecular formula is C20H25N9O4S3. The molecule has 1 fully saturated rings. The molecule has 0 spiro atoms. The van der Waals surface area contributed by atoms with E-state index >= 15 is 0 Å². The summed E-state index contributed by atoms with van der Waals surface area (Å²) in [6.45, 7) is 2.09. The first kappa shape index (κ1) is 26.1. The summed E-state index contributed by atoms with van der Waals surface area (Å²) >= 11 is 3.68. The number of rotatable bonds is 11. The summed E-state index contributed by atoms with van der Waals surface area (Å²) in [6, 6.07) is -0.857. The highest BCUT2D eigenvalue weighted by Gasteiger charge is 2.54. The second kappa shape index (κ2) is 11.4. The van der Waals surface area contributed by atoms with E-state index in [2.05, 4.69) is 37.1 Å². The van der Waals surface area contributed by atoms with Crippen LogP contribution in [-0.2, 0) is 21.4 Å². The number of unbranched alkanes of at least 4 members (excludes halogenated alkanes) is 3. The standard InChI is InChI=1S/C20H25N9O4S3/c1-3-4-5-6-7-11(14-23-19(21)36-25-14)15(30)22-12-16(31)29-13(18(32)33)10(8-34-17(12)29)9-35-20-24-26-27-28(20)2/h7,12,17H,3-6,8-9H2,1-2H3,(H,22,30)(H,32,33)(H2,21,23,25)/b11-7-/t12?,17-/m0/s1. The van der Waals surface area contributed by atoms with Crippen molar-refractivity contribution in [2.24, 2.45) is 7.05 Å². The van der Waals surface area contributed by atoms with Gasteiger partial charge in [0.1, 0.15) is 17.1 Å². The number of aliphatic carboxylic acids is 1. The molecule has 0 aromatic carbocycles. The van der Waals surface area contributed by atoms with E-state index in [1.807, 2.05) is 0 Å². The monoisotopic (exact) mass is 551 g/mol. The van der Waals surface area contributed by atoms with E-state index in [-0.39, 0.29) is 22.2 Å². The molecule has 192 valence electrons. The van der Waals surface area contributed by atoms with Gasteiger partial charge in [0.15, 0.2) is 11.0 Å². The summed E-state index contributed by atoms with van der Waals surface area (Å²) in [5.74, 6) is -1.22. The lowest BCUT2D eigenvalue weighted by molar-refractivity contribution is -0.150. The molecule has 2 atom stereocenters. The zero-order valence-electron chi connectivity index (χ0n) is 19.6. The van der Waals surface area contributed by atoms with Gasteiger partial charge in [0.2, 0.25) is 5.16 Å². The molecule has 2 amide bonds. The van der Waals surface area contributed by atoms with Crippen LogP contribution in [0.3, 0.4) is 0 Å². The molecule has 0 radical (unpaired) electrons. The van der Waals surface area contributed by atoms with E-state index in [1.54, 1.807) is 13.1 Å². The van der Waals surface area contributed by atoms with Crippen molar-refractivity contribution in [2.75, 3.05) is 17.2 Å². The van der Waals surface area contributed by atoms with Crippen molar-refractivity contribution in [2.45, 2.75) is 49.2 Å². The molecule has 13 nitrogen and oxygen atoms in total. The predicted molar refractivity (Wildman–Crippen MR) is 136 cm³/mol. The van der Waals surface area contributed by atoms with Crippen molar-refractivity contribution < 1.29 is 19.5 Å². The number of carboxylic acid groups (broad SMARTS) is 1. The van der Waals surface area contributed by atoms with Crippen LogP contribution in [0, 0.1) is 0 Å². The fourth-order valence-corrected chi connectivity index (χ4v) is 6.56. The van der Waals surface area contributed by atoms with Crippen LogP contribution in [0.25, 0.3) is 5.57 Å². The number of aryl methyl sites for hydroxylation is 1. The summed E-state index contributed by atoms with van der Waals surface area (Å²) < 4.78 is 5.64. The number of aromatic nitrogens is 6. The van der Waals surface area contributed by atoms with Crippen molar-refractivity contribution in [1.82, 2.24) is 39.8 Å². The normalized spacial score (nSPS) is 19.8. The SMILES string of the molecule is CCCCC/C=C(\C(=O)NC1C(=O)N2C(C(=O)O)=C(CSc3nnnn3C)CS[C@@H]12)c1nsc(N)n1. The lowest BCUT2D eigenvalue weighted by Gasteiger charge is -2.49. The number of hydrogen-bond acceptors (Lipinski definition) is 12. The van der Waals surface area contributed by atoms with Gasteiger partial charge in [0.25, 0.3) is 11.8 Å². The van der Waals surface area contributed by atoms with Crippen molar-refractivity contribution in [3.63, 3.8) is 0 Å². The Morgan fingerprint density at radius 2 is 2.17 bits per heavy atom. The number of hydrogen-bond donors (Lipinski definition) is 3. The smallest absolute Gasteiger partial charge is 0.352 e. The number of fused-ring (bicyclic) bond motifs is 1. The molecule has 1 unspecified atom stereocenters. The fourth-order valence-electron chi connectivity index (χ4n) is 3.78. The maximum absolute atomic E-state index is 13.2. The number of nitrogens with one attached hydrogen (secondary N) is 1. The van der Waals surface area contributed by atoms with E-state index in [9.17, 15) is 19.5 Å². The molecule has 2 aliphatic rings. The number of anilines is 1. The number of nitrogens with two attached hydrogens (primary N) is 1. The van der Waals surface area contributed by atoms with Gasteiger partial charge in [-0.05, 0) is 28.8 Å². The van der Waals surface area contributed by atoms with Crippen molar-refractivity contribution >= 4 is 63.5 Å². The summed E-state index contributed by atoms with van der Waals surface area (Å²) in [5, 5.41) is 24.1. The fraction of sp³-hybridized carbons (Fsp3) is 0.500. The van der Waals surface area contributed by atoms with Crippen LogP contribution in [0.15, 0.2) is 22.5 Å². The van der Waals surface area contributed by atoms with Crippen LogP contribution < -0.4 is 11.1 Å². The first-order valence-corrected chi connectivity index (χ1v) is 14.0. The predicted octanol–water partition coefficient (Wildman–Crippen LogP) is 1.14. The number of amides is 2. The van der Waals surface area contributed by atoms with E-state index in [0.29, 0.717) is 28.7 Å². The highest BCUT2D eigenvalue weighted by atomic mass is 32.2. The Balaban J connectivity index is 1.48. The van der Waals surface area contributed by atoms with Crippen molar-refractivity contribution in [3.05, 3.63) is 23.2 Å². The molecular weight excluding hydrogens is 526 g/mol. The molecule has 1 saturated heterocycles. The Kier molecular flexibility index (Phi) is 8.25. The average Bonchev–Trinajstić information content (AvgIpc) is 3.47. The second-order valence-corrected chi connectivity index (χ2v) is 10.9. The number of nitrogen functional groups attached to an aromatic ring is 1. The van der Waals surface area contributed by atoms with E-state index < -0.39 is 29.2 Å². The highest BCUT2D eigenvalue weighted by molar-refractivity contribution is 8.01. The minimum absolute atomic E-state index is 0.0545. The van der Waals surface area contributed by atoms with Crippen LogP contribution >= 0.6 is 35.1 Å². The number of carbonyl (C=O) groups is 3. The number of nitrogens with zero attached hydrogens (tertiary/aromatic N) is 7. The molecule has 2 aliphatic heterocycles. The van der Waals surface area contributed by atoms with Gasteiger partial charge >= 0.3 is 5.97 Å². The Morgan fingerprint density at radius 1 is 1.36 bits per heavy atom. The van der Waals surface area contributed by atoms with Gasteiger partial charge < -0.3 is 16.2 Å². The Bertz CT molecular complexity index is 1220. The molecule has 2 aromatic rings. The van der Waals surface area contributed by atoms with Gasteiger partial charge in [-0.3, -0.25) is 14.5 Å². The van der Waals surface area contributed by atoms with Gasteiger partial charge in [-0.1, -0.05) is 37.6 Å². The molecule has 16 heteroatoms. The molecule has 36 heavy (non-hydrogen) atoms. The zero-order valence-corrected chi connectivity index (χ0v) is 22.0. The third kappa shape index (κ3) is 5.39. The van der Waals surface area contributed by atoms with Crippen LogP contribution in [0.4, 0.5) is 5.13 Å². The number of carboxylic acids is 1. The molecule has 0 aliphatic carbocycles. The average molecular weight is 552 g/mol. The molecule has 2 aromatic heterocycles. The largest absolute Gasteiger partial charge is 0.477 e. The number of thioether (sulfide) groups is 2. The second-order valence-electron chi connectivity index (χ2n) is 8.06. The van der Waals surface area contributed by atoms with E-state index in [1.165, 1.54) is 33.1 Å². The number of tetrazole rings is 1. The van der Waals surface area contributed by atoms with Crippen molar-refractivity contribution in [1.29, 1.82) is 0 Å². The maximum atomic E-state index is 13.2. The number of carbonyl (C=O) groups excluding carboxylic acids is 2. The number of allylic oxidation sites excluding steroid dienone is 1. The van der Waals surface area contributed by atoms with Crippen molar-refractivity contribution in [3.8, 4) is 0 Å². The highest BCUT2D eigenvalue weighted by Crippen LogP contribution is 2.41. The molecule has 4 N–H and O–H groups in total. The molecule has 4 heterocycles. The summed E-state index contributed by atoms with van der Waals surface area (Å²) in [5.41, 5.74) is 6.50. The van der Waals surface area contributed by atoms with E-state index in [0.717, 1.165) is 30.8 Å². The Morgan fingerprint density at radius 3 is 2.81 bits per heavy atom. The third-order valence-corrected chi connectivity index (χ3v) is 8.56. The Labute approximate surface area is 219 Å². The molecule has 0 saturated carbocycles. The van der Waals surface area contributed by atoms with E-state index in [4.69, 9.17) is 5.73 Å². The van der Waals surface area contributed by atoms with Crippen LogP contribution in [-0.4, -0.2) is 80.3 Å². The first-order valence-electron chi connectivity index (χ1n) is 11.2. The maximum Gasteiger partial charge on any atom is 0.352 e. The lowest BCUT2D eigenvalue weighted by Crippen LogP contribution is -2.70. The van der Waals surface area contributed by atoms with Gasteiger partial charge in [-0.15, -0.1) is 16.9 Å². The first-order chi connectivity index (χ1) is 17.3. The zero-order chi connectivity index (χ0) is 25.8. The van der Waals surface area contributed by atoms with Crippen LogP contribution in [0.5, 0.6) is 0 Å². The van der Waals surface area contributed by atoms with Gasteiger partial charge in [0.05, 0.1) is 5.57 Å².